The normalized spacial score (nSPS) is 13.7. The summed E-state index contributed by atoms with van der Waals surface area (Å²) in [6.45, 7) is -0.464. The SMILES string of the molecule is O=C(OCCC(I)=CC(F)(F)C(F)(F)C(F)(F)F)c1cccc(Br)c1. The maximum absolute atomic E-state index is 13.2. The zero-order valence-electron chi connectivity index (χ0n) is 12.0. The molecule has 0 saturated heterocycles. The maximum atomic E-state index is 13.2. The minimum Gasteiger partial charge on any atom is -0.462 e. The molecule has 0 saturated carbocycles. The van der Waals surface area contributed by atoms with Gasteiger partial charge < -0.3 is 4.74 Å². The molecule has 2 nitrogen and oxygen atoms in total. The van der Waals surface area contributed by atoms with E-state index in [-0.39, 0.29) is 5.56 Å². The van der Waals surface area contributed by atoms with Crippen molar-refractivity contribution >= 4 is 44.5 Å². The van der Waals surface area contributed by atoms with Crippen molar-refractivity contribution in [3.8, 4) is 0 Å². The van der Waals surface area contributed by atoms with E-state index in [9.17, 15) is 35.5 Å². The molecule has 0 aliphatic heterocycles. The Labute approximate surface area is 159 Å². The summed E-state index contributed by atoms with van der Waals surface area (Å²) >= 11 is 4.31. The van der Waals surface area contributed by atoms with Gasteiger partial charge in [-0.2, -0.15) is 30.7 Å². The second-order valence-corrected chi connectivity index (χ2v) is 6.98. The molecule has 1 rings (SSSR count). The number of benzene rings is 1. The lowest BCUT2D eigenvalue weighted by atomic mass is 10.1. The second-order valence-electron chi connectivity index (χ2n) is 4.68. The van der Waals surface area contributed by atoms with Crippen molar-refractivity contribution in [1.82, 2.24) is 0 Å². The van der Waals surface area contributed by atoms with Gasteiger partial charge in [0, 0.05) is 17.0 Å². The Balaban J connectivity index is 2.68. The van der Waals surface area contributed by atoms with Crippen LogP contribution in [0.1, 0.15) is 16.8 Å². The number of halogens is 9. The number of alkyl halides is 7. The van der Waals surface area contributed by atoms with E-state index in [1.165, 1.54) is 34.7 Å². The molecule has 0 N–H and O–H groups in total. The zero-order chi connectivity index (χ0) is 19.5. The van der Waals surface area contributed by atoms with Crippen molar-refractivity contribution < 1.29 is 40.3 Å². The van der Waals surface area contributed by atoms with Crippen molar-refractivity contribution in [2.75, 3.05) is 6.61 Å². The van der Waals surface area contributed by atoms with Crippen molar-refractivity contribution in [2.45, 2.75) is 24.4 Å². The van der Waals surface area contributed by atoms with Crippen LogP contribution in [0, 0.1) is 0 Å². The summed E-state index contributed by atoms with van der Waals surface area (Å²) in [6, 6.07) is 6.04. The van der Waals surface area contributed by atoms with E-state index >= 15 is 0 Å². The van der Waals surface area contributed by atoms with E-state index < -0.39 is 46.7 Å². The van der Waals surface area contributed by atoms with Gasteiger partial charge in [0.1, 0.15) is 0 Å². The van der Waals surface area contributed by atoms with Crippen molar-refractivity contribution in [3.63, 3.8) is 0 Å². The van der Waals surface area contributed by atoms with Crippen LogP contribution >= 0.6 is 38.5 Å². The van der Waals surface area contributed by atoms with Gasteiger partial charge in [-0.15, -0.1) is 0 Å². The predicted molar refractivity (Wildman–Crippen MR) is 87.1 cm³/mol. The lowest BCUT2D eigenvalue weighted by Crippen LogP contribution is -2.50. The molecule has 0 amide bonds. The first-order chi connectivity index (χ1) is 11.3. The first-order valence-corrected chi connectivity index (χ1v) is 8.27. The van der Waals surface area contributed by atoms with Crippen LogP contribution in [0.5, 0.6) is 0 Å². The van der Waals surface area contributed by atoms with Gasteiger partial charge in [-0.05, 0) is 44.4 Å². The van der Waals surface area contributed by atoms with E-state index in [2.05, 4.69) is 15.9 Å². The molecule has 0 radical (unpaired) electrons. The van der Waals surface area contributed by atoms with E-state index in [4.69, 9.17) is 4.74 Å². The molecule has 0 spiro atoms. The molecular formula is C14H9BrF7IO2. The molecule has 11 heteroatoms. The van der Waals surface area contributed by atoms with Gasteiger partial charge in [0.15, 0.2) is 0 Å². The first kappa shape index (κ1) is 22.2. The summed E-state index contributed by atoms with van der Waals surface area (Å²) in [5.41, 5.74) is 0.155. The molecule has 0 unspecified atom stereocenters. The number of allylic oxidation sites excluding steroid dienone is 1. The average molecular weight is 549 g/mol. The monoisotopic (exact) mass is 548 g/mol. The van der Waals surface area contributed by atoms with E-state index in [0.29, 0.717) is 4.47 Å². The average Bonchev–Trinajstić information content (AvgIpc) is 2.45. The number of rotatable bonds is 6. The quantitative estimate of drug-likeness (QED) is 0.242. The third kappa shape index (κ3) is 5.83. The summed E-state index contributed by atoms with van der Waals surface area (Å²) in [5.74, 6) is -12.4. The third-order valence-corrected chi connectivity index (χ3v) is 4.09. The highest BCUT2D eigenvalue weighted by Crippen LogP contribution is 2.47. The van der Waals surface area contributed by atoms with Crippen LogP contribution in [0.3, 0.4) is 0 Å². The first-order valence-electron chi connectivity index (χ1n) is 6.40. The number of hydrogen-bond acceptors (Lipinski definition) is 2. The zero-order valence-corrected chi connectivity index (χ0v) is 15.8. The number of hydrogen-bond donors (Lipinski definition) is 0. The summed E-state index contributed by atoms with van der Waals surface area (Å²) in [6.07, 6.45) is -7.31. The molecule has 0 bridgehead atoms. The van der Waals surface area contributed by atoms with Crippen LogP contribution in [-0.4, -0.2) is 30.6 Å². The highest BCUT2D eigenvalue weighted by atomic mass is 127. The standard InChI is InChI=1S/C14H9BrF7IO2/c15-9-3-1-2-8(6-9)11(24)25-5-4-10(23)7-12(16,17)13(18,19)14(20,21)22/h1-3,6-7H,4-5H2. The van der Waals surface area contributed by atoms with E-state index in [1.54, 1.807) is 12.1 Å². The largest absolute Gasteiger partial charge is 0.462 e. The predicted octanol–water partition coefficient (Wildman–Crippen LogP) is 6.15. The molecular weight excluding hydrogens is 540 g/mol. The van der Waals surface area contributed by atoms with E-state index in [0.717, 1.165) is 0 Å². The van der Waals surface area contributed by atoms with Gasteiger partial charge in [-0.3, -0.25) is 0 Å². The Bertz CT molecular complexity index is 659. The van der Waals surface area contributed by atoms with Crippen LogP contribution < -0.4 is 0 Å². The van der Waals surface area contributed by atoms with Gasteiger partial charge in [-0.1, -0.05) is 22.0 Å². The molecule has 0 aliphatic carbocycles. The molecule has 1 aromatic carbocycles. The Hall–Kier alpha value is -0.850. The minimum absolute atomic E-state index is 0.155. The van der Waals surface area contributed by atoms with Crippen molar-refractivity contribution in [1.29, 1.82) is 0 Å². The molecule has 0 aromatic heterocycles. The maximum Gasteiger partial charge on any atom is 0.460 e. The van der Waals surface area contributed by atoms with Crippen LogP contribution in [0.4, 0.5) is 30.7 Å². The molecule has 0 fully saturated rings. The topological polar surface area (TPSA) is 26.3 Å². The van der Waals surface area contributed by atoms with Gasteiger partial charge >= 0.3 is 24.0 Å². The van der Waals surface area contributed by atoms with Crippen LogP contribution in [0.25, 0.3) is 0 Å². The summed E-state index contributed by atoms with van der Waals surface area (Å²) < 4.78 is 92.8. The Morgan fingerprint density at radius 2 is 1.76 bits per heavy atom. The molecule has 140 valence electrons. The van der Waals surface area contributed by atoms with Crippen LogP contribution in [-0.2, 0) is 4.74 Å². The fourth-order valence-electron chi connectivity index (χ4n) is 1.49. The molecule has 0 aliphatic rings. The number of esters is 1. The van der Waals surface area contributed by atoms with E-state index in [1.807, 2.05) is 0 Å². The Kier molecular flexibility index (Phi) is 7.31. The third-order valence-electron chi connectivity index (χ3n) is 2.75. The molecule has 25 heavy (non-hydrogen) atoms. The Morgan fingerprint density at radius 1 is 1.16 bits per heavy atom. The molecule has 0 heterocycles. The van der Waals surface area contributed by atoms with Crippen molar-refractivity contribution in [3.05, 3.63) is 44.0 Å². The minimum atomic E-state index is -6.39. The van der Waals surface area contributed by atoms with Crippen LogP contribution in [0.2, 0.25) is 0 Å². The van der Waals surface area contributed by atoms with Crippen molar-refractivity contribution in [2.24, 2.45) is 0 Å². The highest BCUT2D eigenvalue weighted by molar-refractivity contribution is 14.1. The van der Waals surface area contributed by atoms with Gasteiger partial charge in [0.05, 0.1) is 12.2 Å². The summed E-state index contributed by atoms with van der Waals surface area (Å²) in [4.78, 5) is 11.7. The van der Waals surface area contributed by atoms with Gasteiger partial charge in [-0.25, -0.2) is 4.79 Å². The number of carbonyl (C=O) groups excluding carboxylic acids is 1. The number of ether oxygens (including phenoxy) is 1. The van der Waals surface area contributed by atoms with Crippen LogP contribution in [0.15, 0.2) is 38.4 Å². The smallest absolute Gasteiger partial charge is 0.460 e. The highest BCUT2D eigenvalue weighted by Gasteiger charge is 2.72. The lowest BCUT2D eigenvalue weighted by molar-refractivity contribution is -0.341. The molecule has 1 aromatic rings. The van der Waals surface area contributed by atoms with Gasteiger partial charge in [0.25, 0.3) is 0 Å². The lowest BCUT2D eigenvalue weighted by Gasteiger charge is -2.26. The fraction of sp³-hybridized carbons (Fsp3) is 0.357. The molecule has 0 atom stereocenters. The van der Waals surface area contributed by atoms with Gasteiger partial charge in [0.2, 0.25) is 0 Å². The number of carbonyl (C=O) groups is 1. The Morgan fingerprint density at radius 3 is 2.28 bits per heavy atom. The summed E-state index contributed by atoms with van der Waals surface area (Å²) in [5, 5.41) is 0. The fourth-order valence-corrected chi connectivity index (χ4v) is 2.50. The summed E-state index contributed by atoms with van der Waals surface area (Å²) in [7, 11) is 0. The second kappa shape index (κ2) is 8.23.